The maximum Gasteiger partial charge on any atom is -0.000228 e. The third-order valence-corrected chi connectivity index (χ3v) is 5.36. The van der Waals surface area contributed by atoms with E-state index in [2.05, 4.69) is 11.8 Å². The standard InChI is InChI=1S/C9H14S/c1-2-8(3-1)4-9(5-8)6-10-7-9/h1-7H2. The van der Waals surface area contributed by atoms with Crippen LogP contribution in [0.25, 0.3) is 0 Å². The van der Waals surface area contributed by atoms with Crippen LogP contribution in [-0.4, -0.2) is 11.5 Å². The molecule has 2 spiro atoms. The molecule has 3 fully saturated rings. The first-order valence-electron chi connectivity index (χ1n) is 4.41. The summed E-state index contributed by atoms with van der Waals surface area (Å²) in [5, 5.41) is 0. The van der Waals surface area contributed by atoms with Crippen LogP contribution in [0.3, 0.4) is 0 Å². The maximum atomic E-state index is 2.16. The van der Waals surface area contributed by atoms with Crippen LogP contribution in [0.1, 0.15) is 32.1 Å². The molecule has 0 nitrogen and oxygen atoms in total. The average Bonchev–Trinajstić information content (AvgIpc) is 1.52. The fourth-order valence-electron chi connectivity index (χ4n) is 3.16. The molecular weight excluding hydrogens is 140 g/mol. The van der Waals surface area contributed by atoms with Gasteiger partial charge in [0.1, 0.15) is 0 Å². The van der Waals surface area contributed by atoms with Crippen LogP contribution in [0.15, 0.2) is 0 Å². The van der Waals surface area contributed by atoms with E-state index >= 15 is 0 Å². The molecule has 0 unspecified atom stereocenters. The molecule has 0 aromatic heterocycles. The molecule has 0 aromatic carbocycles. The van der Waals surface area contributed by atoms with Gasteiger partial charge in [0, 0.05) is 0 Å². The van der Waals surface area contributed by atoms with Gasteiger partial charge in [-0.3, -0.25) is 0 Å². The van der Waals surface area contributed by atoms with E-state index in [-0.39, 0.29) is 0 Å². The summed E-state index contributed by atoms with van der Waals surface area (Å²) in [7, 11) is 0. The molecule has 0 amide bonds. The normalized spacial score (nSPS) is 38.4. The third-order valence-electron chi connectivity index (χ3n) is 3.73. The zero-order chi connectivity index (χ0) is 6.66. The lowest BCUT2D eigenvalue weighted by Crippen LogP contribution is -2.56. The average molecular weight is 154 g/mol. The minimum absolute atomic E-state index is 0.894. The lowest BCUT2D eigenvalue weighted by atomic mass is 9.46. The first kappa shape index (κ1) is 5.93. The Morgan fingerprint density at radius 1 is 0.900 bits per heavy atom. The molecule has 1 saturated heterocycles. The van der Waals surface area contributed by atoms with Crippen LogP contribution >= 0.6 is 11.8 Å². The van der Waals surface area contributed by atoms with Gasteiger partial charge in [0.25, 0.3) is 0 Å². The van der Waals surface area contributed by atoms with E-state index in [1.165, 1.54) is 17.9 Å². The predicted octanol–water partition coefficient (Wildman–Crippen LogP) is 2.68. The van der Waals surface area contributed by atoms with E-state index in [4.69, 9.17) is 0 Å². The Labute approximate surface area is 66.8 Å². The fourth-order valence-corrected chi connectivity index (χ4v) is 4.35. The topological polar surface area (TPSA) is 0 Å². The number of hydrogen-bond acceptors (Lipinski definition) is 1. The van der Waals surface area contributed by atoms with Crippen LogP contribution in [0, 0.1) is 10.8 Å². The van der Waals surface area contributed by atoms with Crippen LogP contribution in [0.4, 0.5) is 0 Å². The molecular formula is C9H14S. The van der Waals surface area contributed by atoms with Gasteiger partial charge in [0.2, 0.25) is 0 Å². The molecule has 0 bridgehead atoms. The third kappa shape index (κ3) is 0.561. The van der Waals surface area contributed by atoms with Crippen LogP contribution < -0.4 is 0 Å². The van der Waals surface area contributed by atoms with Crippen molar-refractivity contribution >= 4 is 11.8 Å². The second-order valence-electron chi connectivity index (χ2n) is 4.70. The van der Waals surface area contributed by atoms with Crippen molar-refractivity contribution in [2.24, 2.45) is 10.8 Å². The quantitative estimate of drug-likeness (QED) is 0.517. The Balaban J connectivity index is 1.69. The highest BCUT2D eigenvalue weighted by molar-refractivity contribution is 8.00. The lowest BCUT2D eigenvalue weighted by molar-refractivity contribution is -0.0757. The minimum Gasteiger partial charge on any atom is -0.161 e. The summed E-state index contributed by atoms with van der Waals surface area (Å²) in [5.41, 5.74) is 1.81. The van der Waals surface area contributed by atoms with Gasteiger partial charge in [-0.05, 0) is 48.0 Å². The molecule has 10 heavy (non-hydrogen) atoms. The van der Waals surface area contributed by atoms with Crippen molar-refractivity contribution in [3.63, 3.8) is 0 Å². The fraction of sp³-hybridized carbons (Fsp3) is 1.00. The van der Waals surface area contributed by atoms with Gasteiger partial charge in [-0.25, -0.2) is 0 Å². The number of hydrogen-bond donors (Lipinski definition) is 0. The van der Waals surface area contributed by atoms with E-state index < -0.39 is 0 Å². The molecule has 0 radical (unpaired) electrons. The molecule has 56 valence electrons. The Kier molecular flexibility index (Phi) is 0.934. The smallest absolute Gasteiger partial charge is 0.000228 e. The highest BCUT2D eigenvalue weighted by Gasteiger charge is 2.59. The van der Waals surface area contributed by atoms with Gasteiger partial charge in [0.05, 0.1) is 0 Å². The van der Waals surface area contributed by atoms with Crippen molar-refractivity contribution < 1.29 is 0 Å². The van der Waals surface area contributed by atoms with Gasteiger partial charge in [0.15, 0.2) is 0 Å². The molecule has 2 saturated carbocycles. The second-order valence-corrected chi connectivity index (χ2v) is 5.69. The first-order chi connectivity index (χ1) is 4.83. The summed E-state index contributed by atoms with van der Waals surface area (Å²) in [6.07, 6.45) is 7.88. The Morgan fingerprint density at radius 3 is 1.90 bits per heavy atom. The van der Waals surface area contributed by atoms with E-state index in [0.717, 1.165) is 10.8 Å². The van der Waals surface area contributed by atoms with Crippen LogP contribution in [0.2, 0.25) is 0 Å². The zero-order valence-corrected chi connectivity index (χ0v) is 7.17. The molecule has 0 atom stereocenters. The second kappa shape index (κ2) is 1.57. The van der Waals surface area contributed by atoms with Gasteiger partial charge >= 0.3 is 0 Å². The molecule has 0 aromatic rings. The highest BCUT2D eigenvalue weighted by atomic mass is 32.2. The molecule has 1 aliphatic heterocycles. The largest absolute Gasteiger partial charge is 0.161 e. The molecule has 0 N–H and O–H groups in total. The van der Waals surface area contributed by atoms with E-state index in [1.807, 2.05) is 0 Å². The van der Waals surface area contributed by atoms with Crippen molar-refractivity contribution in [3.8, 4) is 0 Å². The van der Waals surface area contributed by atoms with Crippen molar-refractivity contribution in [2.75, 3.05) is 11.5 Å². The maximum absolute atomic E-state index is 2.16. The summed E-state index contributed by atoms with van der Waals surface area (Å²) in [6.45, 7) is 0. The molecule has 3 aliphatic rings. The highest BCUT2D eigenvalue weighted by Crippen LogP contribution is 2.68. The van der Waals surface area contributed by atoms with Crippen molar-refractivity contribution in [2.45, 2.75) is 32.1 Å². The lowest BCUT2D eigenvalue weighted by Gasteiger charge is -2.64. The van der Waals surface area contributed by atoms with Gasteiger partial charge in [-0.1, -0.05) is 6.42 Å². The summed E-state index contributed by atoms with van der Waals surface area (Å²) >= 11 is 2.16. The summed E-state index contributed by atoms with van der Waals surface area (Å²) in [5.74, 6) is 2.99. The monoisotopic (exact) mass is 154 g/mol. The Hall–Kier alpha value is 0.350. The summed E-state index contributed by atoms with van der Waals surface area (Å²) in [4.78, 5) is 0. The first-order valence-corrected chi connectivity index (χ1v) is 5.56. The minimum atomic E-state index is 0.894. The number of rotatable bonds is 0. The molecule has 1 heteroatoms. The van der Waals surface area contributed by atoms with Crippen LogP contribution in [0.5, 0.6) is 0 Å². The van der Waals surface area contributed by atoms with E-state index in [0.29, 0.717) is 0 Å². The Bertz CT molecular complexity index is 138. The van der Waals surface area contributed by atoms with Crippen molar-refractivity contribution in [3.05, 3.63) is 0 Å². The summed E-state index contributed by atoms with van der Waals surface area (Å²) < 4.78 is 0. The van der Waals surface area contributed by atoms with E-state index in [1.54, 1.807) is 25.7 Å². The Morgan fingerprint density at radius 2 is 1.60 bits per heavy atom. The van der Waals surface area contributed by atoms with Gasteiger partial charge in [-0.2, -0.15) is 11.8 Å². The van der Waals surface area contributed by atoms with Crippen LogP contribution in [-0.2, 0) is 0 Å². The van der Waals surface area contributed by atoms with Gasteiger partial charge < -0.3 is 0 Å². The van der Waals surface area contributed by atoms with Crippen molar-refractivity contribution in [1.29, 1.82) is 0 Å². The zero-order valence-electron chi connectivity index (χ0n) is 6.36. The summed E-state index contributed by atoms with van der Waals surface area (Å²) in [6, 6.07) is 0. The number of thioether (sulfide) groups is 1. The van der Waals surface area contributed by atoms with Gasteiger partial charge in [-0.15, -0.1) is 0 Å². The van der Waals surface area contributed by atoms with E-state index in [9.17, 15) is 0 Å². The SMILES string of the molecule is C1CC2(C1)CC1(CSC1)C2. The van der Waals surface area contributed by atoms with Crippen molar-refractivity contribution in [1.82, 2.24) is 0 Å². The predicted molar refractivity (Wildman–Crippen MR) is 45.3 cm³/mol. The molecule has 3 rings (SSSR count). The molecule has 2 aliphatic carbocycles. The molecule has 1 heterocycles.